The van der Waals surface area contributed by atoms with Crippen molar-refractivity contribution in [3.05, 3.63) is 121 Å². The van der Waals surface area contributed by atoms with Crippen LogP contribution in [0.25, 0.3) is 72.3 Å². The molecule has 4 heterocycles. The molecule has 8 rings (SSSR count). The summed E-state index contributed by atoms with van der Waals surface area (Å²) in [7, 11) is 0. The molecule has 0 unspecified atom stereocenters. The molecular formula is C33H20N6S. The average Bonchev–Trinajstić information content (AvgIpc) is 3.64. The van der Waals surface area contributed by atoms with Crippen molar-refractivity contribution in [1.29, 1.82) is 0 Å². The maximum absolute atomic E-state index is 5.17. The van der Waals surface area contributed by atoms with Crippen LogP contribution >= 0.6 is 11.3 Å². The van der Waals surface area contributed by atoms with Gasteiger partial charge in [0.05, 0.1) is 21.3 Å². The van der Waals surface area contributed by atoms with E-state index in [-0.39, 0.29) is 0 Å². The van der Waals surface area contributed by atoms with Gasteiger partial charge in [0.1, 0.15) is 5.69 Å². The molecule has 4 aromatic carbocycles. The molecule has 6 nitrogen and oxygen atoms in total. The fourth-order valence-electron chi connectivity index (χ4n) is 5.16. The lowest BCUT2D eigenvalue weighted by molar-refractivity contribution is 0.997. The average molecular weight is 533 g/mol. The minimum absolute atomic E-state index is 0.518. The summed E-state index contributed by atoms with van der Waals surface area (Å²) in [6.45, 7) is 0. The molecule has 0 saturated heterocycles. The summed E-state index contributed by atoms with van der Waals surface area (Å²) in [4.78, 5) is 25.0. The Morgan fingerprint density at radius 3 is 1.60 bits per heavy atom. The SMILES string of the molecule is c1ccc(-c2nc(-c3ccccc3)nc(-c3nc(-n4c5ccccc5c5ccccc54)nc4ccsc34)n2)cc1. The zero-order chi connectivity index (χ0) is 26.5. The van der Waals surface area contributed by atoms with Crippen LogP contribution in [0.5, 0.6) is 0 Å². The molecule has 188 valence electrons. The lowest BCUT2D eigenvalue weighted by Gasteiger charge is -2.11. The normalized spacial score (nSPS) is 11.5. The Hall–Kier alpha value is -5.27. The second kappa shape index (κ2) is 9.18. The Bertz CT molecular complexity index is 2060. The number of para-hydroxylation sites is 2. The van der Waals surface area contributed by atoms with E-state index in [1.807, 2.05) is 84.2 Å². The quantitative estimate of drug-likeness (QED) is 0.230. The summed E-state index contributed by atoms with van der Waals surface area (Å²) in [5.41, 5.74) is 5.48. The third-order valence-corrected chi connectivity index (χ3v) is 7.89. The number of fused-ring (bicyclic) bond motifs is 4. The molecule has 0 atom stereocenters. The molecule has 0 aliphatic carbocycles. The first-order valence-electron chi connectivity index (χ1n) is 12.9. The van der Waals surface area contributed by atoms with Crippen molar-refractivity contribution in [3.8, 4) is 40.2 Å². The van der Waals surface area contributed by atoms with Crippen LogP contribution in [0.4, 0.5) is 0 Å². The van der Waals surface area contributed by atoms with Crippen LogP contribution in [0.1, 0.15) is 0 Å². The van der Waals surface area contributed by atoms with Crippen molar-refractivity contribution >= 4 is 43.4 Å². The lowest BCUT2D eigenvalue weighted by atomic mass is 10.2. The van der Waals surface area contributed by atoms with Crippen LogP contribution in [0.15, 0.2) is 121 Å². The number of rotatable bonds is 4. The molecule has 7 heteroatoms. The van der Waals surface area contributed by atoms with E-state index in [2.05, 4.69) is 41.0 Å². The van der Waals surface area contributed by atoms with Crippen molar-refractivity contribution in [1.82, 2.24) is 29.5 Å². The highest BCUT2D eigenvalue weighted by Gasteiger charge is 2.20. The Balaban J connectivity index is 1.42. The van der Waals surface area contributed by atoms with E-state index in [0.29, 0.717) is 29.1 Å². The Kier molecular flexibility index (Phi) is 5.21. The predicted octanol–water partition coefficient (Wildman–Crippen LogP) is 7.97. The molecule has 0 spiro atoms. The highest BCUT2D eigenvalue weighted by atomic mass is 32.1. The van der Waals surface area contributed by atoms with Crippen molar-refractivity contribution in [2.75, 3.05) is 0 Å². The predicted molar refractivity (Wildman–Crippen MR) is 161 cm³/mol. The van der Waals surface area contributed by atoms with Gasteiger partial charge < -0.3 is 0 Å². The highest BCUT2D eigenvalue weighted by Crippen LogP contribution is 2.35. The van der Waals surface area contributed by atoms with Gasteiger partial charge in [-0.3, -0.25) is 4.57 Å². The first-order valence-corrected chi connectivity index (χ1v) is 13.8. The van der Waals surface area contributed by atoms with Crippen LogP contribution in [0, 0.1) is 0 Å². The van der Waals surface area contributed by atoms with Gasteiger partial charge in [-0.25, -0.2) is 24.9 Å². The number of benzene rings is 4. The van der Waals surface area contributed by atoms with Gasteiger partial charge in [0.25, 0.3) is 0 Å². The van der Waals surface area contributed by atoms with Crippen LogP contribution < -0.4 is 0 Å². The fourth-order valence-corrected chi connectivity index (χ4v) is 5.97. The van der Waals surface area contributed by atoms with Crippen molar-refractivity contribution in [2.24, 2.45) is 0 Å². The summed E-state index contributed by atoms with van der Waals surface area (Å²) in [5, 5.41) is 4.36. The number of hydrogen-bond acceptors (Lipinski definition) is 6. The summed E-state index contributed by atoms with van der Waals surface area (Å²) in [5.74, 6) is 2.31. The number of aromatic nitrogens is 6. The summed E-state index contributed by atoms with van der Waals surface area (Å²) in [6.07, 6.45) is 0. The number of nitrogens with zero attached hydrogens (tertiary/aromatic N) is 6. The van der Waals surface area contributed by atoms with E-state index < -0.39 is 0 Å². The number of thiophene rings is 1. The van der Waals surface area contributed by atoms with Crippen LogP contribution in [-0.4, -0.2) is 29.5 Å². The minimum atomic E-state index is 0.518. The second-order valence-electron chi connectivity index (χ2n) is 9.42. The third kappa shape index (κ3) is 3.67. The summed E-state index contributed by atoms with van der Waals surface area (Å²) in [6, 6.07) is 38.7. The smallest absolute Gasteiger partial charge is 0.235 e. The maximum atomic E-state index is 5.17. The first-order chi connectivity index (χ1) is 19.8. The molecule has 0 amide bonds. The second-order valence-corrected chi connectivity index (χ2v) is 10.3. The zero-order valence-corrected chi connectivity index (χ0v) is 22.0. The molecule has 0 radical (unpaired) electrons. The Morgan fingerprint density at radius 2 is 1.00 bits per heavy atom. The van der Waals surface area contributed by atoms with Gasteiger partial charge in [0.15, 0.2) is 17.5 Å². The molecule has 0 fully saturated rings. The Morgan fingerprint density at radius 1 is 0.475 bits per heavy atom. The van der Waals surface area contributed by atoms with Crippen LogP contribution in [-0.2, 0) is 0 Å². The molecule has 0 aliphatic rings. The van der Waals surface area contributed by atoms with E-state index in [4.69, 9.17) is 24.9 Å². The molecule has 0 N–H and O–H groups in total. The van der Waals surface area contributed by atoms with Gasteiger partial charge >= 0.3 is 0 Å². The van der Waals surface area contributed by atoms with Gasteiger partial charge in [-0.2, -0.15) is 0 Å². The number of hydrogen-bond donors (Lipinski definition) is 0. The summed E-state index contributed by atoms with van der Waals surface area (Å²) >= 11 is 1.59. The molecule has 40 heavy (non-hydrogen) atoms. The van der Waals surface area contributed by atoms with Gasteiger partial charge in [0, 0.05) is 21.9 Å². The van der Waals surface area contributed by atoms with E-state index in [1.165, 1.54) is 0 Å². The fraction of sp³-hybridized carbons (Fsp3) is 0. The highest BCUT2D eigenvalue weighted by molar-refractivity contribution is 7.17. The minimum Gasteiger partial charge on any atom is -0.278 e. The van der Waals surface area contributed by atoms with Crippen molar-refractivity contribution < 1.29 is 0 Å². The lowest BCUT2D eigenvalue weighted by Crippen LogP contribution is -2.05. The van der Waals surface area contributed by atoms with Gasteiger partial charge in [-0.1, -0.05) is 97.1 Å². The molecule has 0 bridgehead atoms. The zero-order valence-electron chi connectivity index (χ0n) is 21.1. The van der Waals surface area contributed by atoms with E-state index in [9.17, 15) is 0 Å². The van der Waals surface area contributed by atoms with Gasteiger partial charge in [-0.15, -0.1) is 11.3 Å². The molecule has 4 aromatic heterocycles. The van der Waals surface area contributed by atoms with Crippen molar-refractivity contribution in [2.45, 2.75) is 0 Å². The first kappa shape index (κ1) is 22.7. The topological polar surface area (TPSA) is 69.4 Å². The maximum Gasteiger partial charge on any atom is 0.235 e. The standard InChI is InChI=1S/C33H20N6S/c1-3-11-21(12-4-1)30-36-31(22-13-5-2-6-14-22)38-32(37-30)28-29-25(19-20-40-29)34-33(35-28)39-26-17-9-7-15-23(26)24-16-8-10-18-27(24)39/h1-20H. The molecule has 0 aliphatic heterocycles. The largest absolute Gasteiger partial charge is 0.278 e. The molecular weight excluding hydrogens is 512 g/mol. The van der Waals surface area contributed by atoms with E-state index >= 15 is 0 Å². The van der Waals surface area contributed by atoms with E-state index in [1.54, 1.807) is 11.3 Å². The molecule has 0 saturated carbocycles. The van der Waals surface area contributed by atoms with Crippen LogP contribution in [0.2, 0.25) is 0 Å². The van der Waals surface area contributed by atoms with Crippen LogP contribution in [0.3, 0.4) is 0 Å². The van der Waals surface area contributed by atoms with E-state index in [0.717, 1.165) is 43.1 Å². The third-order valence-electron chi connectivity index (χ3n) is 6.98. The summed E-state index contributed by atoms with van der Waals surface area (Å²) < 4.78 is 3.07. The van der Waals surface area contributed by atoms with Crippen molar-refractivity contribution in [3.63, 3.8) is 0 Å². The van der Waals surface area contributed by atoms with Gasteiger partial charge in [-0.05, 0) is 23.6 Å². The monoisotopic (exact) mass is 532 g/mol. The van der Waals surface area contributed by atoms with Gasteiger partial charge in [0.2, 0.25) is 5.95 Å². The Labute approximate surface area is 233 Å². The molecule has 8 aromatic rings.